The molecule has 1 aromatic carbocycles. The highest BCUT2D eigenvalue weighted by Gasteiger charge is 2.20. The van der Waals surface area contributed by atoms with E-state index in [0.717, 1.165) is 0 Å². The maximum atomic E-state index is 12.0. The van der Waals surface area contributed by atoms with Crippen molar-refractivity contribution < 1.29 is 9.21 Å². The van der Waals surface area contributed by atoms with Crippen LogP contribution in [-0.2, 0) is 4.79 Å². The highest BCUT2D eigenvalue weighted by molar-refractivity contribution is 6.40. The van der Waals surface area contributed by atoms with Gasteiger partial charge in [-0.2, -0.15) is 0 Å². The summed E-state index contributed by atoms with van der Waals surface area (Å²) in [7, 11) is 0. The first-order chi connectivity index (χ1) is 10.3. The zero-order valence-corrected chi connectivity index (χ0v) is 13.9. The maximum absolute atomic E-state index is 12.0. The third-order valence-electron chi connectivity index (χ3n) is 2.94. The molecule has 5 nitrogen and oxygen atoms in total. The summed E-state index contributed by atoms with van der Waals surface area (Å²) in [6.45, 7) is 2.98. The smallest absolute Gasteiger partial charge is 0.379 e. The zero-order valence-electron chi connectivity index (χ0n) is 11.6. The zero-order chi connectivity index (χ0) is 16.4. The van der Waals surface area contributed by atoms with Crippen LogP contribution in [0.4, 0.5) is 5.82 Å². The molecule has 1 N–H and O–H groups in total. The SMILES string of the molecule is CC(=O)C(C)Nc1nc(Cl)c(-c2c(Cl)cccc2Cl)oc1=O. The average Bonchev–Trinajstić information content (AvgIpc) is 2.43. The van der Waals surface area contributed by atoms with Crippen LogP contribution >= 0.6 is 34.8 Å². The summed E-state index contributed by atoms with van der Waals surface area (Å²) in [5.74, 6) is -0.335. The third-order valence-corrected chi connectivity index (χ3v) is 3.82. The van der Waals surface area contributed by atoms with Gasteiger partial charge in [-0.3, -0.25) is 4.79 Å². The van der Waals surface area contributed by atoms with E-state index in [1.54, 1.807) is 25.1 Å². The van der Waals surface area contributed by atoms with Crippen molar-refractivity contribution in [3.63, 3.8) is 0 Å². The fourth-order valence-electron chi connectivity index (χ4n) is 1.64. The Balaban J connectivity index is 2.52. The predicted octanol–water partition coefficient (Wildman–Crippen LogP) is 4.05. The van der Waals surface area contributed by atoms with Crippen LogP contribution in [-0.4, -0.2) is 16.8 Å². The Bertz CT molecular complexity index is 769. The molecule has 1 unspecified atom stereocenters. The van der Waals surface area contributed by atoms with Gasteiger partial charge < -0.3 is 9.73 Å². The van der Waals surface area contributed by atoms with Crippen molar-refractivity contribution in [2.24, 2.45) is 0 Å². The second-order valence-electron chi connectivity index (χ2n) is 4.54. The normalized spacial score (nSPS) is 12.0. The highest BCUT2D eigenvalue weighted by Crippen LogP contribution is 2.37. The molecule has 0 aliphatic carbocycles. The predicted molar refractivity (Wildman–Crippen MR) is 87.0 cm³/mol. The summed E-state index contributed by atoms with van der Waals surface area (Å²) in [6, 6.07) is 4.23. The van der Waals surface area contributed by atoms with Crippen molar-refractivity contribution in [2.45, 2.75) is 19.9 Å². The van der Waals surface area contributed by atoms with E-state index < -0.39 is 11.7 Å². The Morgan fingerprint density at radius 2 is 1.86 bits per heavy atom. The van der Waals surface area contributed by atoms with Gasteiger partial charge in [0.15, 0.2) is 16.7 Å². The fraction of sp³-hybridized carbons (Fsp3) is 0.214. The van der Waals surface area contributed by atoms with Crippen molar-refractivity contribution >= 4 is 46.4 Å². The number of hydrogen-bond donors (Lipinski definition) is 1. The minimum absolute atomic E-state index is 0.0247. The van der Waals surface area contributed by atoms with E-state index in [2.05, 4.69) is 10.3 Å². The van der Waals surface area contributed by atoms with Gasteiger partial charge in [0, 0.05) is 0 Å². The van der Waals surface area contributed by atoms with E-state index in [1.165, 1.54) is 6.92 Å². The molecule has 1 heterocycles. The Kier molecular flexibility index (Phi) is 5.11. The number of benzene rings is 1. The van der Waals surface area contributed by atoms with Gasteiger partial charge in [-0.25, -0.2) is 9.78 Å². The summed E-state index contributed by atoms with van der Waals surface area (Å²) in [6.07, 6.45) is 0. The van der Waals surface area contributed by atoms with Crippen molar-refractivity contribution in [2.75, 3.05) is 5.32 Å². The molecule has 0 bridgehead atoms. The molecule has 0 spiro atoms. The summed E-state index contributed by atoms with van der Waals surface area (Å²) in [5, 5.41) is 3.10. The second-order valence-corrected chi connectivity index (χ2v) is 5.72. The number of carbonyl (C=O) groups is 1. The van der Waals surface area contributed by atoms with Gasteiger partial charge in [0.25, 0.3) is 0 Å². The van der Waals surface area contributed by atoms with Crippen molar-refractivity contribution in [1.82, 2.24) is 4.98 Å². The Hall–Kier alpha value is -1.56. The van der Waals surface area contributed by atoms with E-state index in [4.69, 9.17) is 39.2 Å². The van der Waals surface area contributed by atoms with E-state index in [0.29, 0.717) is 0 Å². The molecule has 1 atom stereocenters. The Morgan fingerprint density at radius 1 is 1.27 bits per heavy atom. The van der Waals surface area contributed by atoms with Crippen molar-refractivity contribution in [1.29, 1.82) is 0 Å². The number of ketones is 1. The molecule has 22 heavy (non-hydrogen) atoms. The lowest BCUT2D eigenvalue weighted by atomic mass is 10.2. The quantitative estimate of drug-likeness (QED) is 0.889. The van der Waals surface area contributed by atoms with Crippen LogP contribution in [0.1, 0.15) is 13.8 Å². The number of aromatic nitrogens is 1. The molecular weight excluding hydrogens is 351 g/mol. The number of Topliss-reactive ketones (excluding diaryl/α,β-unsaturated/α-hetero) is 1. The third kappa shape index (κ3) is 3.43. The lowest BCUT2D eigenvalue weighted by Crippen LogP contribution is -2.27. The first-order valence-electron chi connectivity index (χ1n) is 6.23. The van der Waals surface area contributed by atoms with E-state index >= 15 is 0 Å². The number of halogens is 3. The molecule has 1 aromatic heterocycles. The number of nitrogens with one attached hydrogen (secondary N) is 1. The lowest BCUT2D eigenvalue weighted by Gasteiger charge is -2.12. The number of rotatable bonds is 4. The number of anilines is 1. The van der Waals surface area contributed by atoms with Crippen LogP contribution in [0.15, 0.2) is 27.4 Å². The minimum Gasteiger partial charge on any atom is -0.417 e. The Labute approximate surface area is 141 Å². The fourth-order valence-corrected chi connectivity index (χ4v) is 2.43. The molecule has 8 heteroatoms. The first kappa shape index (κ1) is 16.8. The van der Waals surface area contributed by atoms with E-state index in [-0.39, 0.29) is 38.1 Å². The van der Waals surface area contributed by atoms with Gasteiger partial charge in [0.1, 0.15) is 0 Å². The van der Waals surface area contributed by atoms with Gasteiger partial charge in [-0.1, -0.05) is 40.9 Å². The largest absolute Gasteiger partial charge is 0.417 e. The topological polar surface area (TPSA) is 72.2 Å². The molecule has 0 fully saturated rings. The van der Waals surface area contributed by atoms with Crippen molar-refractivity contribution in [3.8, 4) is 11.3 Å². The van der Waals surface area contributed by atoms with Crippen LogP contribution in [0, 0.1) is 0 Å². The molecule has 0 radical (unpaired) electrons. The minimum atomic E-state index is -0.775. The van der Waals surface area contributed by atoms with Crippen LogP contribution in [0.5, 0.6) is 0 Å². The van der Waals surface area contributed by atoms with E-state index in [9.17, 15) is 9.59 Å². The lowest BCUT2D eigenvalue weighted by molar-refractivity contribution is -0.117. The Morgan fingerprint density at radius 3 is 2.41 bits per heavy atom. The average molecular weight is 362 g/mol. The maximum Gasteiger partial charge on any atom is 0.379 e. The summed E-state index contributed by atoms with van der Waals surface area (Å²) >= 11 is 18.2. The molecule has 0 aliphatic heterocycles. The molecule has 0 aliphatic rings. The first-order valence-corrected chi connectivity index (χ1v) is 7.36. The highest BCUT2D eigenvalue weighted by atomic mass is 35.5. The summed E-state index contributed by atoms with van der Waals surface area (Å²) in [5.41, 5.74) is -0.491. The van der Waals surface area contributed by atoms with E-state index in [1.807, 2.05) is 0 Å². The van der Waals surface area contributed by atoms with Crippen LogP contribution in [0.3, 0.4) is 0 Å². The summed E-state index contributed by atoms with van der Waals surface area (Å²) < 4.78 is 5.17. The van der Waals surface area contributed by atoms with Crippen LogP contribution < -0.4 is 10.9 Å². The van der Waals surface area contributed by atoms with Crippen LogP contribution in [0.2, 0.25) is 15.2 Å². The molecule has 2 rings (SSSR count). The number of nitrogens with zero attached hydrogens (tertiary/aromatic N) is 1. The van der Waals surface area contributed by atoms with Gasteiger partial charge in [-0.05, 0) is 26.0 Å². The van der Waals surface area contributed by atoms with Gasteiger partial charge in [-0.15, -0.1) is 0 Å². The molecule has 0 amide bonds. The molecule has 2 aromatic rings. The monoisotopic (exact) mass is 360 g/mol. The number of hydrogen-bond acceptors (Lipinski definition) is 5. The van der Waals surface area contributed by atoms with Crippen molar-refractivity contribution in [3.05, 3.63) is 43.8 Å². The molecule has 0 saturated heterocycles. The molecule has 0 saturated carbocycles. The molecule has 116 valence electrons. The number of carbonyl (C=O) groups excluding carboxylic acids is 1. The molecular formula is C14H11Cl3N2O3. The standard InChI is InChI=1S/C14H11Cl3N2O3/c1-6(7(2)20)18-13-14(21)22-11(12(17)19-13)10-8(15)4-3-5-9(10)16/h3-6H,1-2H3,(H,18,19). The second kappa shape index (κ2) is 6.69. The van der Waals surface area contributed by atoms with Crippen LogP contribution in [0.25, 0.3) is 11.3 Å². The van der Waals surface area contributed by atoms with Gasteiger partial charge >= 0.3 is 5.63 Å². The summed E-state index contributed by atoms with van der Waals surface area (Å²) in [4.78, 5) is 27.2. The van der Waals surface area contributed by atoms with Gasteiger partial charge in [0.05, 0.1) is 21.7 Å². The van der Waals surface area contributed by atoms with Gasteiger partial charge in [0.2, 0.25) is 5.82 Å².